The zero-order valence-electron chi connectivity index (χ0n) is 16.7. The minimum absolute atomic E-state index is 0.296. The Morgan fingerprint density at radius 1 is 1.32 bits per heavy atom. The third-order valence-corrected chi connectivity index (χ3v) is 6.04. The molecule has 0 atom stereocenters. The summed E-state index contributed by atoms with van der Waals surface area (Å²) in [6.45, 7) is 1.99. The lowest BCUT2D eigenvalue weighted by molar-refractivity contribution is 0.100. The van der Waals surface area contributed by atoms with E-state index in [1.807, 2.05) is 59.0 Å². The molecule has 10 heteroatoms. The zero-order valence-corrected chi connectivity index (χ0v) is 19.7. The largest absolute Gasteiger partial charge is 0.370 e. The van der Waals surface area contributed by atoms with E-state index in [-0.39, 0.29) is 5.91 Å². The summed E-state index contributed by atoms with van der Waals surface area (Å²) in [7, 11) is 0. The van der Waals surface area contributed by atoms with Crippen LogP contribution < -0.4 is 22.0 Å². The molecule has 162 valence electrons. The van der Waals surface area contributed by atoms with Gasteiger partial charge in [-0.05, 0) is 65.3 Å². The molecule has 5 N–H and O–H groups in total. The molecule has 0 saturated carbocycles. The minimum Gasteiger partial charge on any atom is -0.370 e. The molecule has 2 aromatic carbocycles. The summed E-state index contributed by atoms with van der Waals surface area (Å²) in [5.74, 6) is 6.50. The summed E-state index contributed by atoms with van der Waals surface area (Å²) in [5.41, 5.74) is 9.06. The quantitative estimate of drug-likeness (QED) is 0.201. The molecule has 2 aliphatic heterocycles. The van der Waals surface area contributed by atoms with Gasteiger partial charge < -0.3 is 10.7 Å². The van der Waals surface area contributed by atoms with E-state index in [1.165, 1.54) is 4.22 Å². The van der Waals surface area contributed by atoms with Crippen LogP contribution in [0.5, 0.6) is 0 Å². The Bertz CT molecular complexity index is 1030. The van der Waals surface area contributed by atoms with Crippen molar-refractivity contribution in [2.75, 3.05) is 18.4 Å². The van der Waals surface area contributed by atoms with Gasteiger partial charge in [-0.2, -0.15) is 0 Å². The summed E-state index contributed by atoms with van der Waals surface area (Å²) in [6.07, 6.45) is 1.48. The number of nitrogens with one attached hydrogen (secondary N) is 3. The highest BCUT2D eigenvalue weighted by Crippen LogP contribution is 2.40. The summed E-state index contributed by atoms with van der Waals surface area (Å²) in [6, 6.07) is 13.2. The van der Waals surface area contributed by atoms with E-state index in [0.29, 0.717) is 41.6 Å². The van der Waals surface area contributed by atoms with Crippen LogP contribution in [0.1, 0.15) is 28.8 Å². The lowest BCUT2D eigenvalue weighted by Crippen LogP contribution is -2.62. The minimum atomic E-state index is -0.464. The van der Waals surface area contributed by atoms with Gasteiger partial charge in [-0.1, -0.05) is 29.8 Å². The third kappa shape index (κ3) is 4.90. The number of benzene rings is 2. The number of carbonyl (C=O) groups is 1. The highest BCUT2D eigenvalue weighted by molar-refractivity contribution is 14.1. The number of hydrazine groups is 2. The fourth-order valence-corrected chi connectivity index (χ4v) is 4.34. The maximum absolute atomic E-state index is 12.5. The van der Waals surface area contributed by atoms with Crippen LogP contribution in [0.25, 0.3) is 0 Å². The maximum atomic E-state index is 12.5. The van der Waals surface area contributed by atoms with Crippen LogP contribution in [0, 0.1) is 0 Å². The molecule has 0 radical (unpaired) electrons. The average Bonchev–Trinajstić information content (AvgIpc) is 2.76. The third-order valence-electron chi connectivity index (χ3n) is 5.53. The van der Waals surface area contributed by atoms with Crippen LogP contribution >= 0.6 is 34.2 Å². The van der Waals surface area contributed by atoms with Crippen molar-refractivity contribution in [1.82, 2.24) is 15.9 Å². The molecule has 0 unspecified atom stereocenters. The Labute approximate surface area is 199 Å². The number of piperidine rings is 1. The number of aliphatic imine (C=N–C) groups is 2. The first-order valence-electron chi connectivity index (χ1n) is 9.91. The number of halogens is 2. The van der Waals surface area contributed by atoms with Gasteiger partial charge in [0.05, 0.1) is 26.7 Å². The number of para-hydroxylation sites is 1. The normalized spacial score (nSPS) is 17.8. The van der Waals surface area contributed by atoms with Crippen LogP contribution in [0.4, 0.5) is 11.4 Å². The van der Waals surface area contributed by atoms with E-state index in [4.69, 9.17) is 22.4 Å². The highest BCUT2D eigenvalue weighted by atomic mass is 127. The Kier molecular flexibility index (Phi) is 6.87. The molecule has 31 heavy (non-hydrogen) atoms. The van der Waals surface area contributed by atoms with Gasteiger partial charge in [0.15, 0.2) is 0 Å². The first kappa shape index (κ1) is 22.2. The zero-order chi connectivity index (χ0) is 21.8. The summed E-state index contributed by atoms with van der Waals surface area (Å²) in [5, 5.41) is 6.11. The first-order valence-corrected chi connectivity index (χ1v) is 11.5. The van der Waals surface area contributed by atoms with E-state index in [0.717, 1.165) is 24.2 Å². The van der Waals surface area contributed by atoms with Gasteiger partial charge >= 0.3 is 0 Å². The molecular formula is C21H23ClIN7O. The topological polar surface area (TPSA) is 107 Å². The van der Waals surface area contributed by atoms with Crippen molar-refractivity contribution in [3.8, 4) is 0 Å². The summed E-state index contributed by atoms with van der Waals surface area (Å²) < 4.78 is 1.47. The highest BCUT2D eigenvalue weighted by Gasteiger charge is 2.42. The predicted octanol–water partition coefficient (Wildman–Crippen LogP) is 3.40. The SMILES string of the molecule is NN1CCC2(CC1)Nc1c(cccc1C(=O)N=CI)N=C2NNCc1cccc(Cl)c1. The molecule has 0 bridgehead atoms. The average molecular weight is 552 g/mol. The molecule has 0 aliphatic carbocycles. The molecule has 1 fully saturated rings. The van der Waals surface area contributed by atoms with Gasteiger partial charge in [-0.3, -0.25) is 10.6 Å². The molecule has 8 nitrogen and oxygen atoms in total. The first-order chi connectivity index (χ1) is 15.0. The summed E-state index contributed by atoms with van der Waals surface area (Å²) >= 11 is 8.03. The molecule has 2 aromatic rings. The van der Waals surface area contributed by atoms with Crippen molar-refractivity contribution >= 4 is 61.5 Å². The number of nitrogens with two attached hydrogens (primary N) is 1. The van der Waals surface area contributed by atoms with Crippen LogP contribution in [-0.2, 0) is 6.54 Å². The second-order valence-electron chi connectivity index (χ2n) is 7.54. The van der Waals surface area contributed by atoms with Crippen molar-refractivity contribution in [3.05, 3.63) is 58.6 Å². The van der Waals surface area contributed by atoms with E-state index >= 15 is 0 Å². The summed E-state index contributed by atoms with van der Waals surface area (Å²) in [4.78, 5) is 21.3. The molecule has 1 saturated heterocycles. The van der Waals surface area contributed by atoms with Crippen molar-refractivity contribution in [2.24, 2.45) is 15.8 Å². The van der Waals surface area contributed by atoms with Gasteiger partial charge in [0.1, 0.15) is 5.84 Å². The Hall–Kier alpha value is -2.05. The number of hydrogen-bond donors (Lipinski definition) is 4. The maximum Gasteiger partial charge on any atom is 0.279 e. The number of fused-ring (bicyclic) bond motifs is 1. The lowest BCUT2D eigenvalue weighted by Gasteiger charge is -2.44. The molecule has 0 aromatic heterocycles. The second-order valence-corrected chi connectivity index (χ2v) is 8.54. The smallest absolute Gasteiger partial charge is 0.279 e. The fraction of sp³-hybridized carbons (Fsp3) is 0.286. The number of amidine groups is 1. The lowest BCUT2D eigenvalue weighted by atomic mass is 9.84. The van der Waals surface area contributed by atoms with E-state index in [9.17, 15) is 4.79 Å². The molecular weight excluding hydrogens is 529 g/mol. The van der Waals surface area contributed by atoms with E-state index in [2.05, 4.69) is 21.2 Å². The molecule has 2 heterocycles. The number of rotatable bonds is 4. The number of amides is 1. The van der Waals surface area contributed by atoms with Crippen LogP contribution in [0.15, 0.2) is 52.4 Å². The van der Waals surface area contributed by atoms with Crippen molar-refractivity contribution < 1.29 is 4.79 Å². The molecule has 2 aliphatic rings. The van der Waals surface area contributed by atoms with Gasteiger partial charge in [-0.15, -0.1) is 0 Å². The van der Waals surface area contributed by atoms with Crippen molar-refractivity contribution in [1.29, 1.82) is 0 Å². The van der Waals surface area contributed by atoms with Crippen LogP contribution in [0.2, 0.25) is 5.02 Å². The Morgan fingerprint density at radius 3 is 2.84 bits per heavy atom. The monoisotopic (exact) mass is 551 g/mol. The number of hydrogen-bond acceptors (Lipinski definition) is 7. The van der Waals surface area contributed by atoms with Gasteiger partial charge in [-0.25, -0.2) is 20.4 Å². The number of carbonyl (C=O) groups excluding carboxylic acids is 1. The number of anilines is 1. The van der Waals surface area contributed by atoms with Gasteiger partial charge in [0, 0.05) is 24.7 Å². The Balaban J connectivity index is 1.63. The standard InChI is InChI=1S/C21H23ClIN7O/c22-15-4-1-3-14(11-15)12-26-29-20-21(7-9-30(24)10-8-21)28-18-16(19(31)25-13-23)5-2-6-17(18)27-20/h1-6,11,13,26,28H,7-10,12,24H2,(H,27,29). The van der Waals surface area contributed by atoms with Crippen molar-refractivity contribution in [2.45, 2.75) is 24.9 Å². The Morgan fingerprint density at radius 2 is 2.10 bits per heavy atom. The molecule has 1 amide bonds. The van der Waals surface area contributed by atoms with Crippen LogP contribution in [-0.4, -0.2) is 39.6 Å². The number of nitrogens with zero attached hydrogens (tertiary/aromatic N) is 3. The second kappa shape index (κ2) is 9.61. The van der Waals surface area contributed by atoms with E-state index < -0.39 is 5.54 Å². The van der Waals surface area contributed by atoms with Gasteiger partial charge in [0.25, 0.3) is 5.91 Å². The van der Waals surface area contributed by atoms with Crippen molar-refractivity contribution in [3.63, 3.8) is 0 Å². The molecule has 4 rings (SSSR count). The van der Waals surface area contributed by atoms with E-state index in [1.54, 1.807) is 11.1 Å². The van der Waals surface area contributed by atoms with Crippen LogP contribution in [0.3, 0.4) is 0 Å². The van der Waals surface area contributed by atoms with Gasteiger partial charge in [0.2, 0.25) is 0 Å². The fourth-order valence-electron chi connectivity index (χ4n) is 3.87. The molecule has 1 spiro atoms. The predicted molar refractivity (Wildman–Crippen MR) is 133 cm³/mol.